The second-order valence-corrected chi connectivity index (χ2v) is 8.58. The first-order valence-corrected chi connectivity index (χ1v) is 10.4. The number of hydrogen-bond donors (Lipinski definition) is 1. The van der Waals surface area contributed by atoms with Crippen LogP contribution >= 0.6 is 11.6 Å². The lowest BCUT2D eigenvalue weighted by atomic mass is 10.1. The zero-order valence-electron chi connectivity index (χ0n) is 15.1. The van der Waals surface area contributed by atoms with E-state index >= 15 is 0 Å². The molecule has 7 nitrogen and oxygen atoms in total. The summed E-state index contributed by atoms with van der Waals surface area (Å²) in [5.41, 5.74) is 0.471. The van der Waals surface area contributed by atoms with Crippen LogP contribution in [0, 0.1) is 0 Å². The van der Waals surface area contributed by atoms with E-state index in [-0.39, 0.29) is 22.7 Å². The van der Waals surface area contributed by atoms with Gasteiger partial charge in [-0.3, -0.25) is 4.79 Å². The first-order chi connectivity index (χ1) is 13.3. The molecule has 0 bridgehead atoms. The Morgan fingerprint density at radius 1 is 1.14 bits per heavy atom. The smallest absolute Gasteiger partial charge is 0.339 e. The number of halogens is 1. The maximum atomic E-state index is 13.0. The number of amides is 1. The van der Waals surface area contributed by atoms with Gasteiger partial charge in [-0.15, -0.1) is 0 Å². The molecule has 0 unspecified atom stereocenters. The van der Waals surface area contributed by atoms with Gasteiger partial charge in [-0.2, -0.15) is 4.31 Å². The topological polar surface area (TPSA) is 92.8 Å². The highest BCUT2D eigenvalue weighted by atomic mass is 35.5. The van der Waals surface area contributed by atoms with Crippen LogP contribution in [0.5, 0.6) is 0 Å². The first-order valence-electron chi connectivity index (χ1n) is 8.60. The standard InChI is InChI=1S/C19H19ClN2O5S/c1-27-19(24)15-5-2-3-6-16(15)21-18(23)17-7-4-12-22(17)28(25,26)14-10-8-13(20)9-11-14/h2-3,5-6,8-11,17H,4,7,12H2,1H3,(H,21,23)/t17-/m0/s1. The second-order valence-electron chi connectivity index (χ2n) is 6.25. The number of para-hydroxylation sites is 1. The Balaban J connectivity index is 1.84. The van der Waals surface area contributed by atoms with Gasteiger partial charge < -0.3 is 10.1 Å². The van der Waals surface area contributed by atoms with E-state index in [2.05, 4.69) is 5.32 Å². The molecule has 0 spiro atoms. The summed E-state index contributed by atoms with van der Waals surface area (Å²) in [6, 6.07) is 11.3. The van der Waals surface area contributed by atoms with E-state index < -0.39 is 27.9 Å². The minimum Gasteiger partial charge on any atom is -0.465 e. The van der Waals surface area contributed by atoms with E-state index in [1.807, 2.05) is 0 Å². The minimum absolute atomic E-state index is 0.0755. The predicted octanol–water partition coefficient (Wildman–Crippen LogP) is 2.92. The summed E-state index contributed by atoms with van der Waals surface area (Å²) in [6.45, 7) is 0.238. The molecule has 0 radical (unpaired) electrons. The quantitative estimate of drug-likeness (QED) is 0.748. The predicted molar refractivity (Wildman–Crippen MR) is 105 cm³/mol. The highest BCUT2D eigenvalue weighted by Crippen LogP contribution is 2.28. The monoisotopic (exact) mass is 422 g/mol. The number of hydrogen-bond acceptors (Lipinski definition) is 5. The van der Waals surface area contributed by atoms with Crippen molar-refractivity contribution in [2.75, 3.05) is 19.0 Å². The third-order valence-corrected chi connectivity index (χ3v) is 6.69. The molecule has 1 atom stereocenters. The van der Waals surface area contributed by atoms with Gasteiger partial charge in [0.05, 0.1) is 23.3 Å². The number of nitrogens with zero attached hydrogens (tertiary/aromatic N) is 1. The number of anilines is 1. The summed E-state index contributed by atoms with van der Waals surface area (Å²) in [4.78, 5) is 24.8. The maximum Gasteiger partial charge on any atom is 0.339 e. The number of sulfonamides is 1. The van der Waals surface area contributed by atoms with Gasteiger partial charge in [0.2, 0.25) is 15.9 Å². The number of carbonyl (C=O) groups is 2. The van der Waals surface area contributed by atoms with E-state index in [0.717, 1.165) is 0 Å². The molecule has 2 aromatic carbocycles. The van der Waals surface area contributed by atoms with Crippen LogP contribution in [0.4, 0.5) is 5.69 Å². The summed E-state index contributed by atoms with van der Waals surface area (Å²) < 4.78 is 31.8. The molecule has 0 aromatic heterocycles. The van der Waals surface area contributed by atoms with Gasteiger partial charge in [-0.05, 0) is 49.2 Å². The molecule has 1 N–H and O–H groups in total. The zero-order chi connectivity index (χ0) is 20.3. The molecule has 1 fully saturated rings. The van der Waals surface area contributed by atoms with Gasteiger partial charge in [0.1, 0.15) is 6.04 Å². The summed E-state index contributed by atoms with van der Waals surface area (Å²) in [7, 11) is -2.60. The molecule has 3 rings (SSSR count). The molecule has 1 saturated heterocycles. The van der Waals surface area contributed by atoms with Gasteiger partial charge in [0, 0.05) is 11.6 Å². The fourth-order valence-corrected chi connectivity index (χ4v) is 4.91. The highest BCUT2D eigenvalue weighted by molar-refractivity contribution is 7.89. The molecule has 148 valence electrons. The molecule has 0 saturated carbocycles. The van der Waals surface area contributed by atoms with E-state index in [4.69, 9.17) is 16.3 Å². The molecule has 28 heavy (non-hydrogen) atoms. The third-order valence-electron chi connectivity index (χ3n) is 4.52. The normalized spacial score (nSPS) is 17.3. The summed E-state index contributed by atoms with van der Waals surface area (Å²) in [5.74, 6) is -1.08. The summed E-state index contributed by atoms with van der Waals surface area (Å²) >= 11 is 5.83. The van der Waals surface area contributed by atoms with E-state index in [9.17, 15) is 18.0 Å². The van der Waals surface area contributed by atoms with Gasteiger partial charge >= 0.3 is 5.97 Å². The van der Waals surface area contributed by atoms with E-state index in [0.29, 0.717) is 17.9 Å². The number of rotatable bonds is 5. The third kappa shape index (κ3) is 4.04. The van der Waals surface area contributed by atoms with Crippen molar-refractivity contribution in [2.24, 2.45) is 0 Å². The molecule has 1 amide bonds. The van der Waals surface area contributed by atoms with Crippen LogP contribution in [-0.2, 0) is 19.6 Å². The van der Waals surface area contributed by atoms with Crippen LogP contribution in [0.15, 0.2) is 53.4 Å². The van der Waals surface area contributed by atoms with Crippen molar-refractivity contribution in [3.63, 3.8) is 0 Å². The Bertz CT molecular complexity index is 992. The van der Waals surface area contributed by atoms with Crippen LogP contribution < -0.4 is 5.32 Å². The van der Waals surface area contributed by atoms with Crippen molar-refractivity contribution < 1.29 is 22.7 Å². The number of ether oxygens (including phenoxy) is 1. The molecular formula is C19H19ClN2O5S. The number of nitrogens with one attached hydrogen (secondary N) is 1. The molecular weight excluding hydrogens is 404 g/mol. The van der Waals surface area contributed by atoms with Gasteiger partial charge in [-0.1, -0.05) is 23.7 Å². The largest absolute Gasteiger partial charge is 0.465 e. The highest BCUT2D eigenvalue weighted by Gasteiger charge is 2.39. The molecule has 9 heteroatoms. The molecule has 2 aromatic rings. The van der Waals surface area contributed by atoms with E-state index in [1.165, 1.54) is 41.7 Å². The van der Waals surface area contributed by atoms with Crippen molar-refractivity contribution >= 4 is 39.2 Å². The van der Waals surface area contributed by atoms with Crippen molar-refractivity contribution in [2.45, 2.75) is 23.8 Å². The summed E-state index contributed by atoms with van der Waals surface area (Å²) in [5, 5.41) is 3.09. The van der Waals surface area contributed by atoms with Gasteiger partial charge in [-0.25, -0.2) is 13.2 Å². The van der Waals surface area contributed by atoms with E-state index in [1.54, 1.807) is 18.2 Å². The van der Waals surface area contributed by atoms with Crippen molar-refractivity contribution in [3.8, 4) is 0 Å². The minimum atomic E-state index is -3.85. The number of benzene rings is 2. The number of esters is 1. The molecule has 0 aliphatic carbocycles. The van der Waals surface area contributed by atoms with Gasteiger partial charge in [0.25, 0.3) is 0 Å². The lowest BCUT2D eigenvalue weighted by Gasteiger charge is -2.23. The Morgan fingerprint density at radius 2 is 1.82 bits per heavy atom. The fraction of sp³-hybridized carbons (Fsp3) is 0.263. The maximum absolute atomic E-state index is 13.0. The van der Waals surface area contributed by atoms with Crippen molar-refractivity contribution in [1.29, 1.82) is 0 Å². The van der Waals surface area contributed by atoms with Crippen molar-refractivity contribution in [1.82, 2.24) is 4.31 Å². The van der Waals surface area contributed by atoms with Crippen molar-refractivity contribution in [3.05, 3.63) is 59.1 Å². The Kier molecular flexibility index (Phi) is 6.02. The first kappa shape index (κ1) is 20.3. The SMILES string of the molecule is COC(=O)c1ccccc1NC(=O)[C@@H]1CCCN1S(=O)(=O)c1ccc(Cl)cc1. The number of methoxy groups -OCH3 is 1. The number of carbonyl (C=O) groups excluding carboxylic acids is 2. The Labute approximate surface area is 168 Å². The van der Waals surface area contributed by atoms with Crippen LogP contribution in [0.1, 0.15) is 23.2 Å². The Hall–Kier alpha value is -2.42. The molecule has 1 aliphatic rings. The molecule has 1 aliphatic heterocycles. The average molecular weight is 423 g/mol. The van der Waals surface area contributed by atoms with Crippen LogP contribution in [-0.4, -0.2) is 44.3 Å². The Morgan fingerprint density at radius 3 is 2.50 bits per heavy atom. The van der Waals surface area contributed by atoms with Crippen LogP contribution in [0.3, 0.4) is 0 Å². The molecule has 1 heterocycles. The zero-order valence-corrected chi connectivity index (χ0v) is 16.7. The second kappa shape index (κ2) is 8.30. The fourth-order valence-electron chi connectivity index (χ4n) is 3.13. The lowest BCUT2D eigenvalue weighted by Crippen LogP contribution is -2.43. The summed E-state index contributed by atoms with van der Waals surface area (Å²) in [6.07, 6.45) is 0.947. The van der Waals surface area contributed by atoms with Crippen LogP contribution in [0.2, 0.25) is 5.02 Å². The average Bonchev–Trinajstić information content (AvgIpc) is 3.19. The van der Waals surface area contributed by atoms with Crippen LogP contribution in [0.25, 0.3) is 0 Å². The lowest BCUT2D eigenvalue weighted by molar-refractivity contribution is -0.119. The van der Waals surface area contributed by atoms with Gasteiger partial charge in [0.15, 0.2) is 0 Å².